The molecular formula is C45H80O12S. The fraction of sp³-hybridized carbons (Fsp3) is 0.800. The number of carbonyl (C=O) groups is 1. The molecule has 1 saturated heterocycles. The smallest absolute Gasteiger partial charge is 0.397 e. The Kier molecular flexibility index (Phi) is 34.4. The van der Waals surface area contributed by atoms with Crippen molar-refractivity contribution >= 4 is 16.4 Å². The second-order valence-electron chi connectivity index (χ2n) is 15.3. The molecule has 4 N–H and O–H groups in total. The van der Waals surface area contributed by atoms with Crippen LogP contribution in [0.25, 0.3) is 0 Å². The molecule has 0 aromatic rings. The molecule has 1 aliphatic rings. The van der Waals surface area contributed by atoms with Gasteiger partial charge in [-0.3, -0.25) is 9.35 Å². The monoisotopic (exact) mass is 845 g/mol. The number of ether oxygens (including phenoxy) is 4. The molecule has 1 heterocycles. The van der Waals surface area contributed by atoms with E-state index in [2.05, 4.69) is 66.6 Å². The molecule has 1 aliphatic heterocycles. The average Bonchev–Trinajstić information content (AvgIpc) is 3.19. The van der Waals surface area contributed by atoms with Crippen molar-refractivity contribution in [3.8, 4) is 0 Å². The molecule has 1 fully saturated rings. The Morgan fingerprint density at radius 1 is 0.672 bits per heavy atom. The first-order valence-electron chi connectivity index (χ1n) is 22.4. The van der Waals surface area contributed by atoms with Crippen LogP contribution >= 0.6 is 0 Å². The molecule has 0 aliphatic carbocycles. The van der Waals surface area contributed by atoms with E-state index < -0.39 is 59.8 Å². The molecule has 0 spiro atoms. The third-order valence-electron chi connectivity index (χ3n) is 9.97. The Morgan fingerprint density at radius 2 is 1.19 bits per heavy atom. The largest absolute Gasteiger partial charge is 0.457 e. The first kappa shape index (κ1) is 54.1. The quantitative estimate of drug-likeness (QED) is 0.0201. The molecule has 0 bridgehead atoms. The number of rotatable bonds is 38. The third-order valence-corrected chi connectivity index (χ3v) is 10.4. The van der Waals surface area contributed by atoms with E-state index in [9.17, 15) is 28.5 Å². The zero-order valence-corrected chi connectivity index (χ0v) is 36.7. The van der Waals surface area contributed by atoms with Crippen LogP contribution in [0.2, 0.25) is 0 Å². The number of hydrogen-bond donors (Lipinski definition) is 4. The van der Waals surface area contributed by atoms with Crippen LogP contribution in [-0.4, -0.2) is 97.5 Å². The summed E-state index contributed by atoms with van der Waals surface area (Å²) in [5, 5.41) is 30.6. The molecule has 1 rings (SSSR count). The maximum atomic E-state index is 12.8. The lowest BCUT2D eigenvalue weighted by Crippen LogP contribution is -2.60. The zero-order valence-electron chi connectivity index (χ0n) is 35.8. The van der Waals surface area contributed by atoms with Crippen LogP contribution in [0.15, 0.2) is 48.6 Å². The summed E-state index contributed by atoms with van der Waals surface area (Å²) in [6.07, 6.45) is 34.5. The Morgan fingerprint density at radius 3 is 1.74 bits per heavy atom. The second kappa shape index (κ2) is 36.9. The number of aliphatic hydroxyl groups is 3. The minimum atomic E-state index is -5.06. The van der Waals surface area contributed by atoms with Gasteiger partial charge < -0.3 is 34.3 Å². The molecule has 13 heteroatoms. The highest BCUT2D eigenvalue weighted by atomic mass is 32.3. The van der Waals surface area contributed by atoms with E-state index in [1.807, 2.05) is 0 Å². The van der Waals surface area contributed by atoms with E-state index in [1.165, 1.54) is 70.6 Å². The number of esters is 1. The Labute approximate surface area is 351 Å². The highest BCUT2D eigenvalue weighted by Crippen LogP contribution is 2.26. The van der Waals surface area contributed by atoms with Gasteiger partial charge in [-0.1, -0.05) is 159 Å². The first-order valence-corrected chi connectivity index (χ1v) is 23.8. The van der Waals surface area contributed by atoms with Gasteiger partial charge in [0.2, 0.25) is 0 Å². The van der Waals surface area contributed by atoms with Gasteiger partial charge in [-0.15, -0.1) is 0 Å². The van der Waals surface area contributed by atoms with Crippen molar-refractivity contribution < 1.29 is 56.2 Å². The van der Waals surface area contributed by atoms with Crippen molar-refractivity contribution in [2.45, 2.75) is 205 Å². The van der Waals surface area contributed by atoms with Crippen LogP contribution in [0.4, 0.5) is 0 Å². The zero-order chi connectivity index (χ0) is 42.5. The average molecular weight is 845 g/mol. The van der Waals surface area contributed by atoms with E-state index in [0.29, 0.717) is 13.0 Å². The Hall–Kier alpha value is -1.94. The minimum Gasteiger partial charge on any atom is -0.457 e. The summed E-state index contributed by atoms with van der Waals surface area (Å²) >= 11 is 0. The molecule has 0 aromatic carbocycles. The van der Waals surface area contributed by atoms with Crippen molar-refractivity contribution in [3.63, 3.8) is 0 Å². The van der Waals surface area contributed by atoms with Crippen molar-refractivity contribution in [2.75, 3.05) is 26.4 Å². The first-order chi connectivity index (χ1) is 28.1. The van der Waals surface area contributed by atoms with E-state index in [1.54, 1.807) is 0 Å². The van der Waals surface area contributed by atoms with E-state index in [0.717, 1.165) is 70.6 Å². The van der Waals surface area contributed by atoms with Crippen LogP contribution in [0.5, 0.6) is 0 Å². The summed E-state index contributed by atoms with van der Waals surface area (Å²) in [4.78, 5) is 12.8. The van der Waals surface area contributed by atoms with Crippen molar-refractivity contribution in [3.05, 3.63) is 48.6 Å². The molecular weight excluding hydrogens is 765 g/mol. The van der Waals surface area contributed by atoms with Gasteiger partial charge in [0.15, 0.2) is 6.29 Å². The highest BCUT2D eigenvalue weighted by molar-refractivity contribution is 7.80. The van der Waals surface area contributed by atoms with Gasteiger partial charge in [0, 0.05) is 13.0 Å². The second-order valence-corrected chi connectivity index (χ2v) is 16.3. The Balaban J connectivity index is 2.35. The summed E-state index contributed by atoms with van der Waals surface area (Å²) in [5.41, 5.74) is 0. The van der Waals surface area contributed by atoms with Gasteiger partial charge in [0.1, 0.15) is 30.5 Å². The number of unbranched alkanes of at least 4 members (excludes halogenated alkanes) is 17. The minimum absolute atomic E-state index is 0.0320. The third kappa shape index (κ3) is 30.1. The molecule has 0 aromatic heterocycles. The van der Waals surface area contributed by atoms with Crippen molar-refractivity contribution in [2.24, 2.45) is 0 Å². The molecule has 6 atom stereocenters. The standard InChI is InChI=1S/C45H80O12S/c1-3-5-7-9-11-13-14-15-16-17-18-19-20-21-22-23-24-25-27-29-31-33-35-53-37-39(55-41(47)34-32-30-28-26-12-10-8-6-4-2)38-54-45-43(49)44(57-58(50,51)52)42(48)40(36-46)56-45/h5,7,11,13,15-16,18-19,39-40,42-46,48-49H,3-4,6,8-10,12,14,17,20-38H2,1-2H3,(H,50,51,52)/b7-5-,13-11-,16-15-,19-18-. The van der Waals surface area contributed by atoms with Crippen LogP contribution in [0.3, 0.4) is 0 Å². The summed E-state index contributed by atoms with van der Waals surface area (Å²) in [6.45, 7) is 3.83. The van der Waals surface area contributed by atoms with E-state index in [4.69, 9.17) is 23.5 Å². The number of hydrogen-bond acceptors (Lipinski definition) is 11. The number of allylic oxidation sites excluding steroid dienone is 8. The lowest BCUT2D eigenvalue weighted by Gasteiger charge is -2.41. The van der Waals surface area contributed by atoms with Crippen LogP contribution in [0, 0.1) is 0 Å². The van der Waals surface area contributed by atoms with Crippen LogP contribution < -0.4 is 0 Å². The number of carbonyl (C=O) groups excluding carboxylic acids is 1. The maximum Gasteiger partial charge on any atom is 0.397 e. The van der Waals surface area contributed by atoms with Gasteiger partial charge in [-0.2, -0.15) is 8.42 Å². The summed E-state index contributed by atoms with van der Waals surface area (Å²) in [6, 6.07) is 0. The molecule has 0 radical (unpaired) electrons. The van der Waals surface area contributed by atoms with Gasteiger partial charge in [-0.25, -0.2) is 4.18 Å². The normalized spacial score (nSPS) is 21.0. The Bertz CT molecular complexity index is 1200. The highest BCUT2D eigenvalue weighted by Gasteiger charge is 2.48. The number of aliphatic hydroxyl groups excluding tert-OH is 3. The van der Waals surface area contributed by atoms with E-state index >= 15 is 0 Å². The topological polar surface area (TPSA) is 178 Å². The summed E-state index contributed by atoms with van der Waals surface area (Å²) in [5.74, 6) is -0.406. The lowest BCUT2D eigenvalue weighted by atomic mass is 9.99. The lowest BCUT2D eigenvalue weighted by molar-refractivity contribution is -0.301. The maximum absolute atomic E-state index is 12.8. The van der Waals surface area contributed by atoms with Gasteiger partial charge in [0.05, 0.1) is 19.8 Å². The summed E-state index contributed by atoms with van der Waals surface area (Å²) in [7, 11) is -5.06. The predicted molar refractivity (Wildman–Crippen MR) is 230 cm³/mol. The fourth-order valence-electron chi connectivity index (χ4n) is 6.60. The van der Waals surface area contributed by atoms with E-state index in [-0.39, 0.29) is 19.6 Å². The molecule has 58 heavy (non-hydrogen) atoms. The van der Waals surface area contributed by atoms with Crippen LogP contribution in [0.1, 0.15) is 168 Å². The SMILES string of the molecule is CC/C=C\C/C=C\C/C=C\C/C=C\CCCCCCCCCCCOCC(COC1OC(CO)C(O)C(OS(=O)(=O)O)C1O)OC(=O)CCCCCCCCCCC. The molecule has 12 nitrogen and oxygen atoms in total. The molecule has 338 valence electrons. The predicted octanol–water partition coefficient (Wildman–Crippen LogP) is 9.19. The molecule has 0 saturated carbocycles. The molecule has 6 unspecified atom stereocenters. The van der Waals surface area contributed by atoms with Gasteiger partial charge in [0.25, 0.3) is 0 Å². The van der Waals surface area contributed by atoms with Gasteiger partial charge in [-0.05, 0) is 51.4 Å². The molecule has 0 amide bonds. The van der Waals surface area contributed by atoms with Crippen LogP contribution in [-0.2, 0) is 38.3 Å². The van der Waals surface area contributed by atoms with Crippen molar-refractivity contribution in [1.29, 1.82) is 0 Å². The van der Waals surface area contributed by atoms with Crippen molar-refractivity contribution in [1.82, 2.24) is 0 Å². The van der Waals surface area contributed by atoms with Gasteiger partial charge >= 0.3 is 16.4 Å². The fourth-order valence-corrected chi connectivity index (χ4v) is 7.11. The summed E-state index contributed by atoms with van der Waals surface area (Å²) < 4.78 is 58.9.